The fraction of sp³-hybridized carbons (Fsp3) is 0.500. The van der Waals surface area contributed by atoms with Gasteiger partial charge in [0.05, 0.1) is 45.2 Å². The van der Waals surface area contributed by atoms with E-state index in [1.165, 1.54) is 0 Å². The van der Waals surface area contributed by atoms with Gasteiger partial charge < -0.3 is 28.6 Å². The molecule has 1 spiro atoms. The summed E-state index contributed by atoms with van der Waals surface area (Å²) in [6.07, 6.45) is 1.52. The third-order valence-electron chi connectivity index (χ3n) is 13.1. The van der Waals surface area contributed by atoms with Gasteiger partial charge in [-0.25, -0.2) is 0 Å². The molecule has 4 fully saturated rings. The standard InChI is InChI=1S/C50H62N2O7/c1-35(2)42-26-25-36(3)29-50(42)51(4)49(53)43-27-41(59-52(43)50)28-44-46(55-31-38-19-11-6-12-20-38)48(57-33-40-23-15-8-16-24-40)47(56-32-39-21-13-7-14-22-39)45(58-44)34-54-30-37-17-9-5-10-18-37/h5-24,35-36,41-48H,25-34H2,1-4H3/t36-,41+,42+,43+,44-,45-,46-,47-,48-,50+/m1/s1. The SMILES string of the molecule is CC(C)[C@@H]1CC[C@@H](C)C[C@@]12N(C)C(=O)[C@@H]1C[C@@H](C[C@H]3O[C@H](COCc4ccccc4)[C@@H](OCc4ccccc4)[C@H](OCc4ccccc4)[C@@H]3OCc3ccccc3)ON12. The molecule has 0 unspecified atom stereocenters. The van der Waals surface area contributed by atoms with Crippen molar-refractivity contribution >= 4 is 5.91 Å². The number of carbonyl (C=O) groups is 1. The van der Waals surface area contributed by atoms with Crippen molar-refractivity contribution < 1.29 is 33.3 Å². The third kappa shape index (κ3) is 9.37. The fourth-order valence-corrected chi connectivity index (χ4v) is 10.2. The average molecular weight is 803 g/mol. The summed E-state index contributed by atoms with van der Waals surface area (Å²) in [6.45, 7) is 8.75. The predicted molar refractivity (Wildman–Crippen MR) is 226 cm³/mol. The molecule has 4 aromatic rings. The van der Waals surface area contributed by atoms with E-state index >= 15 is 0 Å². The van der Waals surface area contributed by atoms with Crippen LogP contribution in [0.4, 0.5) is 0 Å². The number of hydroxylamine groups is 2. The Labute approximate surface area is 350 Å². The Morgan fingerprint density at radius 3 is 1.69 bits per heavy atom. The van der Waals surface area contributed by atoms with E-state index in [0.717, 1.165) is 41.5 Å². The summed E-state index contributed by atoms with van der Waals surface area (Å²) in [6, 6.07) is 40.5. The van der Waals surface area contributed by atoms with Crippen LogP contribution in [-0.2, 0) is 59.7 Å². The second kappa shape index (κ2) is 19.2. The maximum atomic E-state index is 14.2. The molecule has 0 N–H and O–H groups in total. The maximum absolute atomic E-state index is 14.2. The molecule has 1 aliphatic carbocycles. The van der Waals surface area contributed by atoms with Gasteiger partial charge in [0.15, 0.2) is 0 Å². The van der Waals surface area contributed by atoms with E-state index in [1.807, 2.05) is 84.7 Å². The minimum Gasteiger partial charge on any atom is -0.374 e. The van der Waals surface area contributed by atoms with Gasteiger partial charge in [0.2, 0.25) is 5.91 Å². The van der Waals surface area contributed by atoms with Crippen molar-refractivity contribution in [1.82, 2.24) is 9.96 Å². The van der Waals surface area contributed by atoms with E-state index < -0.39 is 36.2 Å². The Bertz CT molecular complexity index is 1900. The molecule has 3 heterocycles. The van der Waals surface area contributed by atoms with E-state index in [-0.39, 0.29) is 18.1 Å². The highest BCUT2D eigenvalue weighted by Crippen LogP contribution is 2.53. The van der Waals surface area contributed by atoms with Crippen LogP contribution < -0.4 is 0 Å². The first-order chi connectivity index (χ1) is 28.8. The lowest BCUT2D eigenvalue weighted by molar-refractivity contribution is -0.290. The van der Waals surface area contributed by atoms with Crippen LogP contribution >= 0.6 is 0 Å². The zero-order valence-electron chi connectivity index (χ0n) is 35.1. The van der Waals surface area contributed by atoms with Crippen LogP contribution in [0, 0.1) is 17.8 Å². The van der Waals surface area contributed by atoms with Gasteiger partial charge in [-0.05, 0) is 46.9 Å². The van der Waals surface area contributed by atoms with Crippen LogP contribution in [0.15, 0.2) is 121 Å². The second-order valence-corrected chi connectivity index (χ2v) is 17.6. The number of hydrogen-bond acceptors (Lipinski definition) is 8. The van der Waals surface area contributed by atoms with Crippen molar-refractivity contribution in [3.05, 3.63) is 144 Å². The number of carbonyl (C=O) groups excluding carboxylic acids is 1. The molecule has 3 aliphatic heterocycles. The molecule has 1 saturated carbocycles. The molecule has 9 nitrogen and oxygen atoms in total. The van der Waals surface area contributed by atoms with Crippen molar-refractivity contribution in [2.75, 3.05) is 13.7 Å². The molecule has 4 aromatic carbocycles. The summed E-state index contributed by atoms with van der Waals surface area (Å²) in [5, 5.41) is 2.12. The number of amides is 1. The van der Waals surface area contributed by atoms with Gasteiger partial charge in [-0.15, -0.1) is 0 Å². The van der Waals surface area contributed by atoms with Gasteiger partial charge in [0.25, 0.3) is 0 Å². The van der Waals surface area contributed by atoms with Crippen LogP contribution in [-0.4, -0.2) is 77.9 Å². The van der Waals surface area contributed by atoms with Crippen LogP contribution in [0.25, 0.3) is 0 Å². The fourth-order valence-electron chi connectivity index (χ4n) is 10.2. The number of nitrogens with zero attached hydrogens (tertiary/aromatic N) is 2. The molecule has 8 rings (SSSR count). The van der Waals surface area contributed by atoms with E-state index in [4.69, 9.17) is 28.5 Å². The van der Waals surface area contributed by atoms with Crippen LogP contribution in [0.5, 0.6) is 0 Å². The lowest BCUT2D eigenvalue weighted by Crippen LogP contribution is -2.62. The topological polar surface area (TPSA) is 78.9 Å². The highest BCUT2D eigenvalue weighted by atomic mass is 16.7. The number of likely N-dealkylation sites (N-methyl/N-ethyl adjacent to an activating group) is 1. The molecule has 0 aromatic heterocycles. The summed E-state index contributed by atoms with van der Waals surface area (Å²) in [7, 11) is 1.99. The average Bonchev–Trinajstić information content (AvgIpc) is 3.76. The first-order valence-corrected chi connectivity index (χ1v) is 21.8. The molecule has 4 aliphatic rings. The molecule has 0 radical (unpaired) electrons. The predicted octanol–water partition coefficient (Wildman–Crippen LogP) is 8.75. The number of ether oxygens (including phenoxy) is 5. The van der Waals surface area contributed by atoms with Crippen LogP contribution in [0.2, 0.25) is 0 Å². The lowest BCUT2D eigenvalue weighted by Gasteiger charge is -2.52. The highest BCUT2D eigenvalue weighted by Gasteiger charge is 2.65. The summed E-state index contributed by atoms with van der Waals surface area (Å²) in [5.74, 6) is 1.36. The molecule has 3 saturated heterocycles. The minimum atomic E-state index is -0.520. The molecule has 10 atom stereocenters. The van der Waals surface area contributed by atoms with Crippen molar-refractivity contribution in [2.45, 2.75) is 128 Å². The second-order valence-electron chi connectivity index (χ2n) is 17.6. The van der Waals surface area contributed by atoms with Crippen LogP contribution in [0.1, 0.15) is 75.1 Å². The molecule has 0 bridgehead atoms. The van der Waals surface area contributed by atoms with Crippen molar-refractivity contribution in [2.24, 2.45) is 17.8 Å². The number of hydrogen-bond donors (Lipinski definition) is 0. The molecular weight excluding hydrogens is 741 g/mol. The largest absolute Gasteiger partial charge is 0.374 e. The highest BCUT2D eigenvalue weighted by molar-refractivity contribution is 5.85. The zero-order chi connectivity index (χ0) is 40.8. The van der Waals surface area contributed by atoms with Crippen molar-refractivity contribution in [1.29, 1.82) is 0 Å². The Morgan fingerprint density at radius 1 is 0.678 bits per heavy atom. The molecule has 1 amide bonds. The van der Waals surface area contributed by atoms with Gasteiger partial charge >= 0.3 is 0 Å². The lowest BCUT2D eigenvalue weighted by atomic mass is 9.69. The molecular formula is C50H62N2O7. The minimum absolute atomic E-state index is 0.152. The van der Waals surface area contributed by atoms with Crippen molar-refractivity contribution in [3.8, 4) is 0 Å². The first kappa shape index (κ1) is 41.8. The maximum Gasteiger partial charge on any atom is 0.243 e. The molecule has 9 heteroatoms. The molecule has 59 heavy (non-hydrogen) atoms. The monoisotopic (exact) mass is 802 g/mol. The van der Waals surface area contributed by atoms with E-state index in [9.17, 15) is 4.79 Å². The number of benzene rings is 4. The summed E-state index contributed by atoms with van der Waals surface area (Å²) in [5.41, 5.74) is 3.79. The Morgan fingerprint density at radius 2 is 1.17 bits per heavy atom. The Kier molecular flexibility index (Phi) is 13.6. The summed E-state index contributed by atoms with van der Waals surface area (Å²) >= 11 is 0. The van der Waals surface area contributed by atoms with Gasteiger partial charge in [-0.2, -0.15) is 5.06 Å². The summed E-state index contributed by atoms with van der Waals surface area (Å²) in [4.78, 5) is 23.3. The van der Waals surface area contributed by atoms with Crippen molar-refractivity contribution in [3.63, 3.8) is 0 Å². The van der Waals surface area contributed by atoms with Crippen LogP contribution in [0.3, 0.4) is 0 Å². The molecule has 314 valence electrons. The Balaban J connectivity index is 1.11. The Hall–Kier alpha value is -3.93. The van der Waals surface area contributed by atoms with E-state index in [0.29, 0.717) is 63.6 Å². The normalized spacial score (nSPS) is 31.0. The summed E-state index contributed by atoms with van der Waals surface area (Å²) < 4.78 is 34.5. The van der Waals surface area contributed by atoms with Gasteiger partial charge in [0.1, 0.15) is 36.1 Å². The van der Waals surface area contributed by atoms with E-state index in [2.05, 4.69) is 74.4 Å². The first-order valence-electron chi connectivity index (χ1n) is 21.8. The van der Waals surface area contributed by atoms with Gasteiger partial charge in [-0.3, -0.25) is 9.63 Å². The zero-order valence-corrected chi connectivity index (χ0v) is 35.1. The van der Waals surface area contributed by atoms with Gasteiger partial charge in [0, 0.05) is 25.8 Å². The number of rotatable bonds is 16. The van der Waals surface area contributed by atoms with E-state index in [1.54, 1.807) is 0 Å². The third-order valence-corrected chi connectivity index (χ3v) is 13.1. The smallest absolute Gasteiger partial charge is 0.243 e. The quantitative estimate of drug-likeness (QED) is 0.111. The van der Waals surface area contributed by atoms with Gasteiger partial charge in [-0.1, -0.05) is 149 Å². The number of fused-ring (bicyclic) bond motifs is 2.